The first kappa shape index (κ1) is 14.1. The molecule has 0 radical (unpaired) electrons. The van der Waals surface area contributed by atoms with E-state index in [9.17, 15) is 20.0 Å². The molecule has 0 unspecified atom stereocenters. The van der Waals surface area contributed by atoms with Gasteiger partial charge in [0.15, 0.2) is 0 Å². The molecule has 0 aliphatic carbocycles. The molecule has 0 saturated heterocycles. The Hall–Kier alpha value is -1.99. The molecule has 7 nitrogen and oxygen atoms in total. The molecule has 2 atom stereocenters. The number of aliphatic hydroxyl groups is 1. The van der Waals surface area contributed by atoms with Crippen LogP contribution >= 0.6 is 0 Å². The summed E-state index contributed by atoms with van der Waals surface area (Å²) in [5.41, 5.74) is 5.53. The Balaban J connectivity index is 2.89. The molecule has 0 saturated carbocycles. The lowest BCUT2D eigenvalue weighted by Gasteiger charge is -2.17. The summed E-state index contributed by atoms with van der Waals surface area (Å²) in [6.07, 6.45) is -1.34. The Kier molecular flexibility index (Phi) is 4.75. The van der Waals surface area contributed by atoms with Gasteiger partial charge in [-0.15, -0.1) is 0 Å². The van der Waals surface area contributed by atoms with Crippen LogP contribution < -0.4 is 5.73 Å². The fourth-order valence-electron chi connectivity index (χ4n) is 1.40. The monoisotopic (exact) mass is 254 g/mol. The van der Waals surface area contributed by atoms with Crippen molar-refractivity contribution in [1.82, 2.24) is 0 Å². The Morgan fingerprint density at radius 3 is 2.83 bits per heavy atom. The minimum absolute atomic E-state index is 0.147. The number of nitro groups is 1. The van der Waals surface area contributed by atoms with E-state index in [1.165, 1.54) is 24.3 Å². The number of hydrogen-bond acceptors (Lipinski definition) is 6. The lowest BCUT2D eigenvalue weighted by atomic mass is 10.0. The maximum atomic E-state index is 11.3. The summed E-state index contributed by atoms with van der Waals surface area (Å²) in [6, 6.07) is 4.05. The second kappa shape index (κ2) is 6.08. The van der Waals surface area contributed by atoms with Gasteiger partial charge in [-0.25, -0.2) is 0 Å². The summed E-state index contributed by atoms with van der Waals surface area (Å²) < 4.78 is 4.67. The number of rotatable bonds is 5. The maximum Gasteiger partial charge on any atom is 0.325 e. The van der Waals surface area contributed by atoms with Crippen LogP contribution in [0.4, 0.5) is 5.69 Å². The average molecular weight is 254 g/mol. The molecule has 0 aliphatic heterocycles. The molecule has 0 aliphatic rings. The topological polar surface area (TPSA) is 116 Å². The summed E-state index contributed by atoms with van der Waals surface area (Å²) in [6.45, 7) is 1.76. The van der Waals surface area contributed by atoms with Crippen LogP contribution in [0.25, 0.3) is 0 Å². The van der Waals surface area contributed by atoms with Gasteiger partial charge in [0.05, 0.1) is 11.5 Å². The van der Waals surface area contributed by atoms with Crippen molar-refractivity contribution in [1.29, 1.82) is 0 Å². The number of esters is 1. The van der Waals surface area contributed by atoms with E-state index in [4.69, 9.17) is 5.73 Å². The molecule has 1 rings (SSSR count). The summed E-state index contributed by atoms with van der Waals surface area (Å²) >= 11 is 0. The van der Waals surface area contributed by atoms with Gasteiger partial charge in [0, 0.05) is 12.1 Å². The lowest BCUT2D eigenvalue weighted by Crippen LogP contribution is -2.38. The van der Waals surface area contributed by atoms with Crippen molar-refractivity contribution in [3.05, 3.63) is 39.9 Å². The van der Waals surface area contributed by atoms with Crippen molar-refractivity contribution in [2.75, 3.05) is 6.61 Å². The van der Waals surface area contributed by atoms with E-state index >= 15 is 0 Å². The maximum absolute atomic E-state index is 11.3. The third-order valence-corrected chi connectivity index (χ3v) is 2.32. The number of nitrogens with zero attached hydrogens (tertiary/aromatic N) is 1. The van der Waals surface area contributed by atoms with Gasteiger partial charge in [-0.2, -0.15) is 0 Å². The van der Waals surface area contributed by atoms with Crippen molar-refractivity contribution in [2.24, 2.45) is 5.73 Å². The number of nitro benzene ring substituents is 1. The van der Waals surface area contributed by atoms with Crippen LogP contribution in [0, 0.1) is 10.1 Å². The fourth-order valence-corrected chi connectivity index (χ4v) is 1.40. The normalized spacial score (nSPS) is 13.7. The summed E-state index contributed by atoms with van der Waals surface area (Å²) in [4.78, 5) is 21.3. The van der Waals surface area contributed by atoms with Crippen LogP contribution in [0.15, 0.2) is 24.3 Å². The molecule has 98 valence electrons. The Bertz CT molecular complexity index is 449. The summed E-state index contributed by atoms with van der Waals surface area (Å²) in [5.74, 6) is -0.753. The van der Waals surface area contributed by atoms with E-state index in [-0.39, 0.29) is 17.9 Å². The van der Waals surface area contributed by atoms with Gasteiger partial charge in [0.25, 0.3) is 5.69 Å². The molecule has 1 aromatic carbocycles. The molecular weight excluding hydrogens is 240 g/mol. The second-order valence-corrected chi connectivity index (χ2v) is 3.57. The molecule has 0 aromatic heterocycles. The zero-order valence-corrected chi connectivity index (χ0v) is 9.78. The Morgan fingerprint density at radius 1 is 1.61 bits per heavy atom. The molecule has 18 heavy (non-hydrogen) atoms. The van der Waals surface area contributed by atoms with Gasteiger partial charge < -0.3 is 15.6 Å². The zero-order valence-electron chi connectivity index (χ0n) is 9.78. The van der Waals surface area contributed by atoms with Crippen molar-refractivity contribution in [3.8, 4) is 0 Å². The number of carbonyl (C=O) groups is 1. The van der Waals surface area contributed by atoms with Crippen LogP contribution in [0.3, 0.4) is 0 Å². The van der Waals surface area contributed by atoms with Gasteiger partial charge in [0.2, 0.25) is 0 Å². The molecule has 0 bridgehead atoms. The first-order valence-corrected chi connectivity index (χ1v) is 5.32. The van der Waals surface area contributed by atoms with E-state index in [1.54, 1.807) is 6.92 Å². The zero-order chi connectivity index (χ0) is 13.7. The van der Waals surface area contributed by atoms with Crippen LogP contribution in [-0.4, -0.2) is 28.6 Å². The Morgan fingerprint density at radius 2 is 2.28 bits per heavy atom. The van der Waals surface area contributed by atoms with Crippen molar-refractivity contribution >= 4 is 11.7 Å². The molecule has 0 heterocycles. The molecule has 1 aromatic rings. The predicted octanol–water partition coefficient (Wildman–Crippen LogP) is 0.519. The molecule has 0 fully saturated rings. The SMILES string of the molecule is CCOC(=O)[C@@H](N)[C@H](O)c1cccc([N+](=O)[O-])c1. The third kappa shape index (κ3) is 3.25. The molecular formula is C11H14N2O5. The average Bonchev–Trinajstić information content (AvgIpc) is 2.37. The number of benzene rings is 1. The summed E-state index contributed by atoms with van der Waals surface area (Å²) in [7, 11) is 0. The highest BCUT2D eigenvalue weighted by Gasteiger charge is 2.26. The number of carbonyl (C=O) groups excluding carboxylic acids is 1. The quantitative estimate of drug-likeness (QED) is 0.449. The first-order chi connectivity index (χ1) is 8.47. The number of aliphatic hydroxyl groups excluding tert-OH is 1. The largest absolute Gasteiger partial charge is 0.465 e. The molecule has 0 spiro atoms. The van der Waals surface area contributed by atoms with Crippen molar-refractivity contribution < 1.29 is 19.6 Å². The number of non-ortho nitro benzene ring substituents is 1. The fraction of sp³-hybridized carbons (Fsp3) is 0.364. The molecule has 3 N–H and O–H groups in total. The Labute approximate surface area is 103 Å². The van der Waals surface area contributed by atoms with Gasteiger partial charge >= 0.3 is 5.97 Å². The smallest absolute Gasteiger partial charge is 0.325 e. The lowest BCUT2D eigenvalue weighted by molar-refractivity contribution is -0.385. The minimum Gasteiger partial charge on any atom is -0.465 e. The van der Waals surface area contributed by atoms with Crippen molar-refractivity contribution in [2.45, 2.75) is 19.1 Å². The van der Waals surface area contributed by atoms with Gasteiger partial charge in [0.1, 0.15) is 12.1 Å². The number of nitrogens with two attached hydrogens (primary N) is 1. The number of ether oxygens (including phenoxy) is 1. The highest BCUT2D eigenvalue weighted by Crippen LogP contribution is 2.21. The van der Waals surface area contributed by atoms with Gasteiger partial charge in [-0.3, -0.25) is 14.9 Å². The van der Waals surface area contributed by atoms with E-state index < -0.39 is 23.0 Å². The molecule has 7 heteroatoms. The minimum atomic E-state index is -1.34. The second-order valence-electron chi connectivity index (χ2n) is 3.57. The van der Waals surface area contributed by atoms with Gasteiger partial charge in [-0.1, -0.05) is 12.1 Å². The number of hydrogen-bond donors (Lipinski definition) is 2. The van der Waals surface area contributed by atoms with E-state index in [1.807, 2.05) is 0 Å². The molecule has 0 amide bonds. The highest BCUT2D eigenvalue weighted by atomic mass is 16.6. The van der Waals surface area contributed by atoms with Crippen LogP contribution in [-0.2, 0) is 9.53 Å². The summed E-state index contributed by atoms with van der Waals surface area (Å²) in [5, 5.41) is 20.4. The third-order valence-electron chi connectivity index (χ3n) is 2.32. The van der Waals surface area contributed by atoms with Crippen LogP contribution in [0.5, 0.6) is 0 Å². The van der Waals surface area contributed by atoms with E-state index in [0.717, 1.165) is 0 Å². The van der Waals surface area contributed by atoms with E-state index in [0.29, 0.717) is 0 Å². The first-order valence-electron chi connectivity index (χ1n) is 5.32. The van der Waals surface area contributed by atoms with Crippen molar-refractivity contribution in [3.63, 3.8) is 0 Å². The van der Waals surface area contributed by atoms with Crippen LogP contribution in [0.2, 0.25) is 0 Å². The highest BCUT2D eigenvalue weighted by molar-refractivity contribution is 5.76. The predicted molar refractivity (Wildman–Crippen MR) is 62.7 cm³/mol. The van der Waals surface area contributed by atoms with Crippen LogP contribution in [0.1, 0.15) is 18.6 Å². The standard InChI is InChI=1S/C11H14N2O5/c1-2-18-11(15)9(12)10(14)7-4-3-5-8(6-7)13(16)17/h3-6,9-10,14H,2,12H2,1H3/t9-,10+/m0/s1. The van der Waals surface area contributed by atoms with Gasteiger partial charge in [-0.05, 0) is 12.5 Å². The van der Waals surface area contributed by atoms with E-state index in [2.05, 4.69) is 4.74 Å².